The Morgan fingerprint density at radius 3 is 2.72 bits per heavy atom. The highest BCUT2D eigenvalue weighted by Gasteiger charge is 2.10. The minimum absolute atomic E-state index is 0.130. The molecule has 1 atom stereocenters. The van der Waals surface area contributed by atoms with E-state index in [9.17, 15) is 0 Å². The molecule has 0 aliphatic rings. The van der Waals surface area contributed by atoms with Gasteiger partial charge < -0.3 is 15.0 Å². The van der Waals surface area contributed by atoms with Gasteiger partial charge in [0.25, 0.3) is 0 Å². The van der Waals surface area contributed by atoms with E-state index in [1.54, 1.807) is 18.4 Å². The second-order valence-electron chi connectivity index (χ2n) is 5.79. The van der Waals surface area contributed by atoms with E-state index in [0.717, 1.165) is 33.3 Å². The second-order valence-corrected chi connectivity index (χ2v) is 6.69. The molecule has 1 unspecified atom stereocenters. The highest BCUT2D eigenvalue weighted by molar-refractivity contribution is 7.13. The number of H-pyrrole nitrogens is 1. The molecule has 4 aromatic rings. The number of hydrogen-bond donors (Lipinski definition) is 2. The molecule has 0 radical (unpaired) electrons. The summed E-state index contributed by atoms with van der Waals surface area (Å²) in [4.78, 5) is 12.3. The molecule has 4 rings (SSSR count). The van der Waals surface area contributed by atoms with Gasteiger partial charge in [-0.05, 0) is 42.8 Å². The normalized spacial score (nSPS) is 12.2. The van der Waals surface area contributed by atoms with Crippen LogP contribution in [0.4, 0.5) is 5.95 Å². The number of imidazole rings is 1. The topological polar surface area (TPSA) is 62.8 Å². The zero-order chi connectivity index (χ0) is 17.2. The lowest BCUT2D eigenvalue weighted by Crippen LogP contribution is -2.07. The summed E-state index contributed by atoms with van der Waals surface area (Å²) in [5.74, 6) is 1.61. The Labute approximate surface area is 149 Å². The van der Waals surface area contributed by atoms with Crippen molar-refractivity contribution in [1.82, 2.24) is 15.0 Å². The van der Waals surface area contributed by atoms with Crippen LogP contribution < -0.4 is 10.1 Å². The van der Waals surface area contributed by atoms with Crippen molar-refractivity contribution in [3.8, 4) is 16.3 Å². The van der Waals surface area contributed by atoms with Crippen molar-refractivity contribution in [2.24, 2.45) is 0 Å². The third kappa shape index (κ3) is 3.21. The van der Waals surface area contributed by atoms with Crippen LogP contribution >= 0.6 is 11.3 Å². The summed E-state index contributed by atoms with van der Waals surface area (Å²) in [6, 6.07) is 14.3. The van der Waals surface area contributed by atoms with Gasteiger partial charge in [0, 0.05) is 17.1 Å². The third-order valence-corrected chi connectivity index (χ3v) is 4.95. The Morgan fingerprint density at radius 1 is 1.16 bits per heavy atom. The molecule has 0 aliphatic carbocycles. The van der Waals surface area contributed by atoms with Crippen molar-refractivity contribution in [2.75, 3.05) is 12.4 Å². The third-order valence-electron chi connectivity index (χ3n) is 4.13. The minimum atomic E-state index is 0.130. The van der Waals surface area contributed by atoms with Crippen LogP contribution in [0.3, 0.4) is 0 Å². The number of rotatable bonds is 5. The number of nitrogens with zero attached hydrogens (tertiary/aromatic N) is 2. The molecule has 0 bridgehead atoms. The molecule has 126 valence electrons. The summed E-state index contributed by atoms with van der Waals surface area (Å²) in [5.41, 5.74) is 4.20. The van der Waals surface area contributed by atoms with E-state index in [1.165, 1.54) is 5.56 Å². The second kappa shape index (κ2) is 6.57. The molecule has 2 heterocycles. The summed E-state index contributed by atoms with van der Waals surface area (Å²) < 4.78 is 5.21. The van der Waals surface area contributed by atoms with Gasteiger partial charge in [-0.3, -0.25) is 0 Å². The van der Waals surface area contributed by atoms with Gasteiger partial charge in [0.05, 0.1) is 24.2 Å². The van der Waals surface area contributed by atoms with Crippen molar-refractivity contribution >= 4 is 28.3 Å². The molecule has 2 aromatic heterocycles. The van der Waals surface area contributed by atoms with Crippen LogP contribution in [0, 0.1) is 0 Å². The van der Waals surface area contributed by atoms with Gasteiger partial charge in [-0.2, -0.15) is 0 Å². The zero-order valence-electron chi connectivity index (χ0n) is 14.0. The predicted molar refractivity (Wildman–Crippen MR) is 102 cm³/mol. The molecule has 0 amide bonds. The quantitative estimate of drug-likeness (QED) is 0.539. The molecule has 0 saturated carbocycles. The molecule has 25 heavy (non-hydrogen) atoms. The highest BCUT2D eigenvalue weighted by atomic mass is 32.1. The molecule has 6 heteroatoms. The van der Waals surface area contributed by atoms with E-state index in [1.807, 2.05) is 29.8 Å². The minimum Gasteiger partial charge on any atom is -0.497 e. The first kappa shape index (κ1) is 15.7. The Bertz CT molecular complexity index is 977. The Kier molecular flexibility index (Phi) is 4.11. The average molecular weight is 350 g/mol. The predicted octanol–water partition coefficient (Wildman–Crippen LogP) is 4.87. The van der Waals surface area contributed by atoms with Crippen LogP contribution in [0.2, 0.25) is 0 Å². The number of thiazole rings is 1. The summed E-state index contributed by atoms with van der Waals surface area (Å²) >= 11 is 1.63. The maximum Gasteiger partial charge on any atom is 0.201 e. The van der Waals surface area contributed by atoms with Gasteiger partial charge in [-0.25, -0.2) is 9.97 Å². The van der Waals surface area contributed by atoms with E-state index < -0.39 is 0 Å². The van der Waals surface area contributed by atoms with Crippen molar-refractivity contribution < 1.29 is 4.74 Å². The van der Waals surface area contributed by atoms with Crippen LogP contribution in [-0.4, -0.2) is 22.1 Å². The highest BCUT2D eigenvalue weighted by Crippen LogP contribution is 2.27. The first-order valence-electron chi connectivity index (χ1n) is 8.03. The van der Waals surface area contributed by atoms with Crippen LogP contribution in [0.5, 0.6) is 5.75 Å². The smallest absolute Gasteiger partial charge is 0.201 e. The lowest BCUT2D eigenvalue weighted by atomic mass is 10.1. The fourth-order valence-corrected chi connectivity index (χ4v) is 3.39. The van der Waals surface area contributed by atoms with E-state index >= 15 is 0 Å². The number of hydrogen-bond acceptors (Lipinski definition) is 5. The molecular formula is C19H18N4OS. The number of ether oxygens (including phenoxy) is 1. The van der Waals surface area contributed by atoms with Gasteiger partial charge in [-0.15, -0.1) is 11.3 Å². The average Bonchev–Trinajstić information content (AvgIpc) is 3.30. The van der Waals surface area contributed by atoms with Crippen molar-refractivity contribution in [3.05, 3.63) is 59.6 Å². The van der Waals surface area contributed by atoms with Crippen LogP contribution in [0.25, 0.3) is 21.6 Å². The SMILES string of the molecule is COc1ccc(C(C)Nc2nc3ccc(-c4nccs4)cc3[nH]2)cc1. The summed E-state index contributed by atoms with van der Waals surface area (Å²) in [6.07, 6.45) is 1.82. The Morgan fingerprint density at radius 2 is 2.00 bits per heavy atom. The van der Waals surface area contributed by atoms with Gasteiger partial charge in [0.2, 0.25) is 5.95 Å². The zero-order valence-corrected chi connectivity index (χ0v) is 14.8. The molecular weight excluding hydrogens is 332 g/mol. The van der Waals surface area contributed by atoms with Crippen LogP contribution in [0.15, 0.2) is 54.0 Å². The number of aromatic nitrogens is 3. The fraction of sp³-hybridized carbons (Fsp3) is 0.158. The Balaban J connectivity index is 1.56. The number of anilines is 1. The number of nitrogens with one attached hydrogen (secondary N) is 2. The van der Waals surface area contributed by atoms with Gasteiger partial charge in [0.15, 0.2) is 0 Å². The number of benzene rings is 2. The van der Waals surface area contributed by atoms with Crippen molar-refractivity contribution in [1.29, 1.82) is 0 Å². The van der Waals surface area contributed by atoms with E-state index in [4.69, 9.17) is 4.74 Å². The summed E-state index contributed by atoms with van der Waals surface area (Å²) in [5, 5.41) is 6.41. The van der Waals surface area contributed by atoms with Crippen molar-refractivity contribution in [3.63, 3.8) is 0 Å². The molecule has 0 fully saturated rings. The molecule has 0 saturated heterocycles. The monoisotopic (exact) mass is 350 g/mol. The maximum absolute atomic E-state index is 5.21. The fourth-order valence-electron chi connectivity index (χ4n) is 2.76. The number of fused-ring (bicyclic) bond motifs is 1. The molecule has 2 N–H and O–H groups in total. The molecule has 0 aliphatic heterocycles. The molecule has 5 nitrogen and oxygen atoms in total. The number of methoxy groups -OCH3 is 1. The van der Waals surface area contributed by atoms with Gasteiger partial charge >= 0.3 is 0 Å². The van der Waals surface area contributed by atoms with E-state index in [0.29, 0.717) is 0 Å². The van der Waals surface area contributed by atoms with E-state index in [2.05, 4.69) is 51.5 Å². The van der Waals surface area contributed by atoms with Crippen LogP contribution in [-0.2, 0) is 0 Å². The molecule has 2 aromatic carbocycles. The number of aromatic amines is 1. The lowest BCUT2D eigenvalue weighted by Gasteiger charge is -2.13. The van der Waals surface area contributed by atoms with E-state index in [-0.39, 0.29) is 6.04 Å². The largest absolute Gasteiger partial charge is 0.497 e. The Hall–Kier alpha value is -2.86. The molecule has 0 spiro atoms. The maximum atomic E-state index is 5.21. The summed E-state index contributed by atoms with van der Waals surface area (Å²) in [7, 11) is 1.67. The summed E-state index contributed by atoms with van der Waals surface area (Å²) in [6.45, 7) is 2.11. The standard InChI is InChI=1S/C19H18N4OS/c1-12(13-3-6-15(24-2)7-4-13)21-19-22-16-8-5-14(11-17(16)23-19)18-20-9-10-25-18/h3-12H,1-2H3,(H2,21,22,23). The lowest BCUT2D eigenvalue weighted by molar-refractivity contribution is 0.414. The van der Waals surface area contributed by atoms with Gasteiger partial charge in [0.1, 0.15) is 10.8 Å². The van der Waals surface area contributed by atoms with Crippen LogP contribution in [0.1, 0.15) is 18.5 Å². The first-order chi connectivity index (χ1) is 12.2. The van der Waals surface area contributed by atoms with Gasteiger partial charge in [-0.1, -0.05) is 12.1 Å². The van der Waals surface area contributed by atoms with Crippen molar-refractivity contribution in [2.45, 2.75) is 13.0 Å². The first-order valence-corrected chi connectivity index (χ1v) is 8.91.